The van der Waals surface area contributed by atoms with Gasteiger partial charge in [0.15, 0.2) is 0 Å². The Labute approximate surface area is 170 Å². The van der Waals surface area contributed by atoms with Gasteiger partial charge >= 0.3 is 12.3 Å². The first-order chi connectivity index (χ1) is 14.3. The van der Waals surface area contributed by atoms with Crippen LogP contribution in [0.4, 0.5) is 13.2 Å². The van der Waals surface area contributed by atoms with Crippen LogP contribution in [-0.4, -0.2) is 54.8 Å². The van der Waals surface area contributed by atoms with Crippen LogP contribution in [0, 0.1) is 5.92 Å². The standard InChI is InChI=1S/C20H21F3N2O5/c21-20(22,23)30-18-6-2-1-5-16(18)17-8-7-15(29-17)12-24-28-11-10-25-9-3-4-14(13-25)19(26)27/h1-2,5-8,12,14H,3-4,9-11,13H2,(H,26,27)/b24-12+. The number of likely N-dealkylation sites (tertiary alicyclic amines) is 1. The highest BCUT2D eigenvalue weighted by atomic mass is 19.4. The summed E-state index contributed by atoms with van der Waals surface area (Å²) in [6.07, 6.45) is -1.98. The molecule has 0 radical (unpaired) electrons. The Morgan fingerprint density at radius 1 is 1.30 bits per heavy atom. The van der Waals surface area contributed by atoms with Crippen LogP contribution >= 0.6 is 0 Å². The Kier molecular flexibility index (Phi) is 6.99. The van der Waals surface area contributed by atoms with E-state index in [1.807, 2.05) is 4.90 Å². The topological polar surface area (TPSA) is 84.5 Å². The molecule has 1 fully saturated rings. The number of furan rings is 1. The highest BCUT2D eigenvalue weighted by Gasteiger charge is 2.32. The van der Waals surface area contributed by atoms with E-state index in [1.165, 1.54) is 30.5 Å². The molecular formula is C20H21F3N2O5. The summed E-state index contributed by atoms with van der Waals surface area (Å²) in [4.78, 5) is 18.3. The smallest absolute Gasteiger partial charge is 0.481 e. The van der Waals surface area contributed by atoms with Gasteiger partial charge in [0.2, 0.25) is 0 Å². The van der Waals surface area contributed by atoms with E-state index in [9.17, 15) is 18.0 Å². The molecule has 0 spiro atoms. The van der Waals surface area contributed by atoms with Gasteiger partial charge in [-0.05, 0) is 43.7 Å². The van der Waals surface area contributed by atoms with Gasteiger partial charge in [-0.1, -0.05) is 17.3 Å². The third-order valence-corrected chi connectivity index (χ3v) is 4.61. The normalized spacial score (nSPS) is 17.9. The molecule has 2 aromatic rings. The number of nitrogens with zero attached hydrogens (tertiary/aromatic N) is 2. The number of carboxylic acid groups (broad SMARTS) is 1. The van der Waals surface area contributed by atoms with E-state index < -0.39 is 12.3 Å². The zero-order valence-electron chi connectivity index (χ0n) is 16.0. The van der Waals surface area contributed by atoms with Gasteiger partial charge in [0, 0.05) is 13.1 Å². The summed E-state index contributed by atoms with van der Waals surface area (Å²) in [5.41, 5.74) is 0.161. The maximum Gasteiger partial charge on any atom is 0.573 e. The van der Waals surface area contributed by atoms with Crippen LogP contribution < -0.4 is 4.74 Å². The predicted molar refractivity (Wildman–Crippen MR) is 101 cm³/mol. The van der Waals surface area contributed by atoms with Gasteiger partial charge in [-0.25, -0.2) is 0 Å². The third-order valence-electron chi connectivity index (χ3n) is 4.61. The van der Waals surface area contributed by atoms with Crippen molar-refractivity contribution in [2.45, 2.75) is 19.2 Å². The number of halogens is 3. The largest absolute Gasteiger partial charge is 0.573 e. The minimum atomic E-state index is -4.81. The number of carboxylic acids is 1. The van der Waals surface area contributed by atoms with E-state index in [2.05, 4.69) is 9.89 Å². The van der Waals surface area contributed by atoms with Gasteiger partial charge in [-0.3, -0.25) is 9.69 Å². The highest BCUT2D eigenvalue weighted by molar-refractivity contribution is 5.77. The molecule has 1 unspecified atom stereocenters. The second kappa shape index (κ2) is 9.66. The molecule has 1 aromatic carbocycles. The molecular weight excluding hydrogens is 405 g/mol. The Morgan fingerprint density at radius 3 is 2.87 bits per heavy atom. The maximum absolute atomic E-state index is 12.6. The van der Waals surface area contributed by atoms with Gasteiger partial charge < -0.3 is 19.1 Å². The van der Waals surface area contributed by atoms with Crippen molar-refractivity contribution in [2.75, 3.05) is 26.2 Å². The van der Waals surface area contributed by atoms with Crippen molar-refractivity contribution < 1.29 is 37.1 Å². The van der Waals surface area contributed by atoms with Gasteiger partial charge in [0.05, 0.1) is 11.5 Å². The molecule has 30 heavy (non-hydrogen) atoms. The van der Waals surface area contributed by atoms with E-state index in [4.69, 9.17) is 14.4 Å². The molecule has 0 amide bonds. The lowest BCUT2D eigenvalue weighted by atomic mass is 9.98. The average molecular weight is 426 g/mol. The lowest BCUT2D eigenvalue weighted by Gasteiger charge is -2.29. The minimum absolute atomic E-state index is 0.161. The number of hydrogen-bond acceptors (Lipinski definition) is 6. The lowest BCUT2D eigenvalue weighted by molar-refractivity contribution is -0.274. The van der Waals surface area contributed by atoms with Crippen molar-refractivity contribution in [3.05, 3.63) is 42.2 Å². The van der Waals surface area contributed by atoms with Crippen molar-refractivity contribution in [3.8, 4) is 17.1 Å². The molecule has 1 aliphatic rings. The van der Waals surface area contributed by atoms with Crippen LogP contribution in [0.15, 0.2) is 46.0 Å². The zero-order chi connectivity index (χ0) is 21.6. The molecule has 10 heteroatoms. The van der Waals surface area contributed by atoms with E-state index in [0.717, 1.165) is 13.0 Å². The van der Waals surface area contributed by atoms with Crippen LogP contribution in [0.1, 0.15) is 18.6 Å². The number of ether oxygens (including phenoxy) is 1. The molecule has 0 saturated carbocycles. The molecule has 1 N–H and O–H groups in total. The predicted octanol–water partition coefficient (Wildman–Crippen LogP) is 3.99. The van der Waals surface area contributed by atoms with Crippen LogP contribution in [0.25, 0.3) is 11.3 Å². The third kappa shape index (κ3) is 6.24. The number of para-hydroxylation sites is 1. The number of benzene rings is 1. The Bertz CT molecular complexity index is 881. The number of rotatable bonds is 8. The minimum Gasteiger partial charge on any atom is -0.481 e. The first kappa shape index (κ1) is 21.7. The number of oxime groups is 1. The first-order valence-corrected chi connectivity index (χ1v) is 9.37. The first-order valence-electron chi connectivity index (χ1n) is 9.37. The van der Waals surface area contributed by atoms with Crippen LogP contribution in [0.2, 0.25) is 0 Å². The van der Waals surface area contributed by atoms with Crippen LogP contribution in [-0.2, 0) is 9.63 Å². The van der Waals surface area contributed by atoms with Crippen molar-refractivity contribution in [1.29, 1.82) is 0 Å². The molecule has 1 aromatic heterocycles. The van der Waals surface area contributed by atoms with Crippen molar-refractivity contribution in [3.63, 3.8) is 0 Å². The van der Waals surface area contributed by atoms with E-state index >= 15 is 0 Å². The molecule has 0 bridgehead atoms. The molecule has 0 aliphatic carbocycles. The quantitative estimate of drug-likeness (QED) is 0.390. The summed E-state index contributed by atoms with van der Waals surface area (Å²) >= 11 is 0. The summed E-state index contributed by atoms with van der Waals surface area (Å²) in [7, 11) is 0. The summed E-state index contributed by atoms with van der Waals surface area (Å²) < 4.78 is 47.2. The number of aliphatic carboxylic acids is 1. The summed E-state index contributed by atoms with van der Waals surface area (Å²) in [6.45, 7) is 2.13. The number of piperidine rings is 1. The fraction of sp³-hybridized carbons (Fsp3) is 0.400. The molecule has 162 valence electrons. The maximum atomic E-state index is 12.6. The van der Waals surface area contributed by atoms with Gasteiger partial charge in [0.25, 0.3) is 0 Å². The number of hydrogen-bond donors (Lipinski definition) is 1. The highest BCUT2D eigenvalue weighted by Crippen LogP contribution is 2.34. The fourth-order valence-corrected chi connectivity index (χ4v) is 3.22. The monoisotopic (exact) mass is 426 g/mol. The van der Waals surface area contributed by atoms with Gasteiger partial charge in [0.1, 0.15) is 30.1 Å². The SMILES string of the molecule is O=C(O)C1CCCN(CCO/N=C/c2ccc(-c3ccccc3OC(F)(F)F)o2)C1. The van der Waals surface area contributed by atoms with Crippen LogP contribution in [0.5, 0.6) is 5.75 Å². The van der Waals surface area contributed by atoms with Crippen molar-refractivity contribution >= 4 is 12.2 Å². The molecule has 2 heterocycles. The zero-order valence-corrected chi connectivity index (χ0v) is 16.0. The van der Waals surface area contributed by atoms with Crippen LogP contribution in [0.3, 0.4) is 0 Å². The van der Waals surface area contributed by atoms with Gasteiger partial charge in [-0.2, -0.15) is 0 Å². The summed E-state index contributed by atoms with van der Waals surface area (Å²) in [6, 6.07) is 8.74. The molecule has 1 atom stereocenters. The fourth-order valence-electron chi connectivity index (χ4n) is 3.22. The van der Waals surface area contributed by atoms with E-state index in [-0.39, 0.29) is 29.6 Å². The molecule has 1 aliphatic heterocycles. The Balaban J connectivity index is 1.51. The Morgan fingerprint density at radius 2 is 2.10 bits per heavy atom. The van der Waals surface area contributed by atoms with Gasteiger partial charge in [-0.15, -0.1) is 13.2 Å². The summed E-state index contributed by atoms with van der Waals surface area (Å²) in [5, 5.41) is 12.9. The molecule has 7 nitrogen and oxygen atoms in total. The van der Waals surface area contributed by atoms with Crippen molar-refractivity contribution in [2.24, 2.45) is 11.1 Å². The summed E-state index contributed by atoms with van der Waals surface area (Å²) in [5.74, 6) is -0.997. The molecule has 3 rings (SSSR count). The van der Waals surface area contributed by atoms with Crippen molar-refractivity contribution in [1.82, 2.24) is 4.90 Å². The van der Waals surface area contributed by atoms with E-state index in [1.54, 1.807) is 12.1 Å². The van der Waals surface area contributed by atoms with E-state index in [0.29, 0.717) is 25.3 Å². The number of alkyl halides is 3. The Hall–Kier alpha value is -3.01. The second-order valence-electron chi connectivity index (χ2n) is 6.79. The lowest BCUT2D eigenvalue weighted by Crippen LogP contribution is -2.40. The molecule has 1 saturated heterocycles. The number of carbonyl (C=O) groups is 1. The second-order valence-corrected chi connectivity index (χ2v) is 6.79. The average Bonchev–Trinajstić information content (AvgIpc) is 3.16.